The van der Waals surface area contributed by atoms with Gasteiger partial charge in [0.25, 0.3) is 5.91 Å². The van der Waals surface area contributed by atoms with Crippen LogP contribution in [0.4, 0.5) is 4.39 Å². The van der Waals surface area contributed by atoms with Gasteiger partial charge in [-0.05, 0) is 18.2 Å². The average molecular weight is 169 g/mol. The lowest BCUT2D eigenvalue weighted by Gasteiger charge is -1.99. The van der Waals surface area contributed by atoms with E-state index in [4.69, 9.17) is 5.11 Å². The van der Waals surface area contributed by atoms with Gasteiger partial charge in [-0.3, -0.25) is 4.79 Å². The zero-order valence-corrected chi connectivity index (χ0v) is 6.47. The van der Waals surface area contributed by atoms with Crippen molar-refractivity contribution in [3.63, 3.8) is 0 Å². The molecule has 12 heavy (non-hydrogen) atoms. The molecule has 1 amide bonds. The van der Waals surface area contributed by atoms with Crippen LogP contribution in [0.2, 0.25) is 0 Å². The average Bonchev–Trinajstić information content (AvgIpc) is 2.08. The third kappa shape index (κ3) is 1.53. The molecule has 4 heteroatoms. The molecule has 0 atom stereocenters. The lowest BCUT2D eigenvalue weighted by atomic mass is 10.2. The van der Waals surface area contributed by atoms with Crippen molar-refractivity contribution in [3.8, 4) is 5.75 Å². The maximum absolute atomic E-state index is 12.6. The Bertz CT molecular complexity index is 312. The van der Waals surface area contributed by atoms with Gasteiger partial charge < -0.3 is 10.4 Å². The number of amides is 1. The number of nitrogens with one attached hydrogen (secondary N) is 1. The fraction of sp³-hybridized carbons (Fsp3) is 0.125. The van der Waals surface area contributed by atoms with Crippen molar-refractivity contribution < 1.29 is 14.3 Å². The first-order chi connectivity index (χ1) is 5.65. The number of carbonyl (C=O) groups excluding carboxylic acids is 1. The number of rotatable bonds is 1. The summed E-state index contributed by atoms with van der Waals surface area (Å²) in [5.74, 6) is -1.63. The molecule has 0 saturated heterocycles. The Morgan fingerprint density at radius 3 is 2.75 bits per heavy atom. The molecule has 3 nitrogen and oxygen atoms in total. The molecule has 1 aromatic rings. The molecule has 64 valence electrons. The van der Waals surface area contributed by atoms with Gasteiger partial charge >= 0.3 is 0 Å². The van der Waals surface area contributed by atoms with Crippen molar-refractivity contribution in [1.82, 2.24) is 5.32 Å². The SMILES string of the molecule is CNC(=O)c1ccc(O)c(F)c1. The first kappa shape index (κ1) is 8.52. The van der Waals surface area contributed by atoms with Crippen LogP contribution < -0.4 is 5.32 Å². The lowest BCUT2D eigenvalue weighted by Crippen LogP contribution is -2.17. The predicted molar refractivity (Wildman–Crippen MR) is 41.5 cm³/mol. The first-order valence-corrected chi connectivity index (χ1v) is 3.35. The van der Waals surface area contributed by atoms with Crippen molar-refractivity contribution >= 4 is 5.91 Å². The zero-order valence-electron chi connectivity index (χ0n) is 6.47. The van der Waals surface area contributed by atoms with Crippen LogP contribution in [0.25, 0.3) is 0 Å². The summed E-state index contributed by atoms with van der Waals surface area (Å²) in [6.45, 7) is 0. The van der Waals surface area contributed by atoms with E-state index in [0.717, 1.165) is 12.1 Å². The molecule has 0 saturated carbocycles. The van der Waals surface area contributed by atoms with Gasteiger partial charge in [0.15, 0.2) is 11.6 Å². The molecular formula is C8H8FNO2. The van der Waals surface area contributed by atoms with E-state index in [1.54, 1.807) is 0 Å². The highest BCUT2D eigenvalue weighted by Gasteiger charge is 2.06. The molecule has 0 aromatic heterocycles. The molecular weight excluding hydrogens is 161 g/mol. The fourth-order valence-corrected chi connectivity index (χ4v) is 0.792. The van der Waals surface area contributed by atoms with E-state index in [2.05, 4.69) is 5.32 Å². The lowest BCUT2D eigenvalue weighted by molar-refractivity contribution is 0.0962. The minimum absolute atomic E-state index is 0.188. The molecule has 0 aliphatic rings. The van der Waals surface area contributed by atoms with E-state index in [-0.39, 0.29) is 11.5 Å². The highest BCUT2D eigenvalue weighted by atomic mass is 19.1. The maximum Gasteiger partial charge on any atom is 0.251 e. The monoisotopic (exact) mass is 169 g/mol. The van der Waals surface area contributed by atoms with E-state index in [9.17, 15) is 9.18 Å². The number of benzene rings is 1. The van der Waals surface area contributed by atoms with Crippen molar-refractivity contribution in [3.05, 3.63) is 29.6 Å². The van der Waals surface area contributed by atoms with Crippen LogP contribution in [0.15, 0.2) is 18.2 Å². The van der Waals surface area contributed by atoms with Crippen LogP contribution in [0.5, 0.6) is 5.75 Å². The Hall–Kier alpha value is -1.58. The second-order valence-corrected chi connectivity index (χ2v) is 2.25. The summed E-state index contributed by atoms with van der Waals surface area (Å²) in [7, 11) is 1.45. The Labute approximate surface area is 68.8 Å². The zero-order chi connectivity index (χ0) is 9.14. The topological polar surface area (TPSA) is 49.3 Å². The standard InChI is InChI=1S/C8H8FNO2/c1-10-8(12)5-2-3-7(11)6(9)4-5/h2-4,11H,1H3,(H,10,12). The summed E-state index contributed by atoms with van der Waals surface area (Å²) in [5.41, 5.74) is 0.188. The summed E-state index contributed by atoms with van der Waals surface area (Å²) in [6.07, 6.45) is 0. The molecule has 0 bridgehead atoms. The quantitative estimate of drug-likeness (QED) is 0.655. The molecule has 0 aliphatic carbocycles. The second-order valence-electron chi connectivity index (χ2n) is 2.25. The Morgan fingerprint density at radius 1 is 1.58 bits per heavy atom. The minimum atomic E-state index is -0.795. The van der Waals surface area contributed by atoms with Crippen molar-refractivity contribution in [1.29, 1.82) is 0 Å². The number of hydrogen-bond donors (Lipinski definition) is 2. The van der Waals surface area contributed by atoms with Gasteiger partial charge in [0, 0.05) is 12.6 Å². The van der Waals surface area contributed by atoms with E-state index < -0.39 is 11.6 Å². The maximum atomic E-state index is 12.6. The van der Waals surface area contributed by atoms with Crippen LogP contribution in [0, 0.1) is 5.82 Å². The Kier molecular flexibility index (Phi) is 2.28. The second kappa shape index (κ2) is 3.21. The third-order valence-electron chi connectivity index (χ3n) is 1.44. The van der Waals surface area contributed by atoms with Gasteiger partial charge in [0.05, 0.1) is 0 Å². The number of phenols is 1. The third-order valence-corrected chi connectivity index (χ3v) is 1.44. The minimum Gasteiger partial charge on any atom is -0.505 e. The van der Waals surface area contributed by atoms with Gasteiger partial charge in [0.1, 0.15) is 0 Å². The van der Waals surface area contributed by atoms with E-state index in [1.165, 1.54) is 13.1 Å². The van der Waals surface area contributed by atoms with Crippen LogP contribution in [0.1, 0.15) is 10.4 Å². The van der Waals surface area contributed by atoms with Crippen LogP contribution >= 0.6 is 0 Å². The molecule has 1 rings (SSSR count). The largest absolute Gasteiger partial charge is 0.505 e. The van der Waals surface area contributed by atoms with Gasteiger partial charge in [0.2, 0.25) is 0 Å². The van der Waals surface area contributed by atoms with Gasteiger partial charge in [-0.1, -0.05) is 0 Å². The van der Waals surface area contributed by atoms with Gasteiger partial charge in [-0.25, -0.2) is 4.39 Å². The number of hydrogen-bond acceptors (Lipinski definition) is 2. The van der Waals surface area contributed by atoms with Crippen LogP contribution in [-0.2, 0) is 0 Å². The Morgan fingerprint density at radius 2 is 2.25 bits per heavy atom. The molecule has 0 radical (unpaired) electrons. The smallest absolute Gasteiger partial charge is 0.251 e. The predicted octanol–water partition coefficient (Wildman–Crippen LogP) is 0.891. The van der Waals surface area contributed by atoms with Crippen LogP contribution in [0.3, 0.4) is 0 Å². The summed E-state index contributed by atoms with van der Waals surface area (Å²) in [4.78, 5) is 10.9. The van der Waals surface area contributed by atoms with Gasteiger partial charge in [-0.2, -0.15) is 0 Å². The summed E-state index contributed by atoms with van der Waals surface area (Å²) < 4.78 is 12.6. The fourth-order valence-electron chi connectivity index (χ4n) is 0.792. The summed E-state index contributed by atoms with van der Waals surface area (Å²) in [5, 5.41) is 11.1. The van der Waals surface area contributed by atoms with Crippen molar-refractivity contribution in [2.45, 2.75) is 0 Å². The molecule has 1 aromatic carbocycles. The molecule has 0 fully saturated rings. The first-order valence-electron chi connectivity index (χ1n) is 3.35. The Balaban J connectivity index is 3.05. The molecule has 0 unspecified atom stereocenters. The molecule has 0 aliphatic heterocycles. The number of halogens is 1. The summed E-state index contributed by atoms with van der Waals surface area (Å²) >= 11 is 0. The highest BCUT2D eigenvalue weighted by molar-refractivity contribution is 5.94. The molecule has 2 N–H and O–H groups in total. The number of phenolic OH excluding ortho intramolecular Hbond substituents is 1. The number of carbonyl (C=O) groups is 1. The summed E-state index contributed by atoms with van der Waals surface area (Å²) in [6, 6.07) is 3.46. The molecule has 0 spiro atoms. The van der Waals surface area contributed by atoms with E-state index in [1.807, 2.05) is 0 Å². The van der Waals surface area contributed by atoms with E-state index >= 15 is 0 Å². The molecule has 0 heterocycles. The van der Waals surface area contributed by atoms with Gasteiger partial charge in [-0.15, -0.1) is 0 Å². The highest BCUT2D eigenvalue weighted by Crippen LogP contribution is 2.15. The van der Waals surface area contributed by atoms with E-state index in [0.29, 0.717) is 0 Å². The van der Waals surface area contributed by atoms with Crippen LogP contribution in [-0.4, -0.2) is 18.1 Å². The normalized spacial score (nSPS) is 9.50. The van der Waals surface area contributed by atoms with Crippen molar-refractivity contribution in [2.75, 3.05) is 7.05 Å². The van der Waals surface area contributed by atoms with Crippen molar-refractivity contribution in [2.24, 2.45) is 0 Å². The number of aromatic hydroxyl groups is 1.